The predicted molar refractivity (Wildman–Crippen MR) is 82.3 cm³/mol. The maximum Gasteiger partial charge on any atom is 0.307 e. The fourth-order valence-corrected chi connectivity index (χ4v) is 2.95. The zero-order valence-electron chi connectivity index (χ0n) is 12.7. The van der Waals surface area contributed by atoms with Crippen molar-refractivity contribution in [2.45, 2.75) is 39.5 Å². The zero-order valence-corrected chi connectivity index (χ0v) is 12.7. The van der Waals surface area contributed by atoms with Crippen LogP contribution in [-0.2, 0) is 16.0 Å². The molecule has 1 aliphatic heterocycles. The average molecular weight is 289 g/mol. The van der Waals surface area contributed by atoms with E-state index in [9.17, 15) is 14.7 Å². The third-order valence-electron chi connectivity index (χ3n) is 3.94. The first kappa shape index (κ1) is 15.5. The molecule has 1 N–H and O–H groups in total. The standard InChI is InChI=1S/C17H23NO3/c1-12(2)10-14(17(20)21)11-16(19)18-9-5-7-13-6-3-4-8-15(13)18/h3-4,6,8,12,14H,5,7,9-11H2,1-2H3,(H,20,21)/t14-/m1/s1. The number of benzene rings is 1. The normalized spacial score (nSPS) is 15.7. The van der Waals surface area contributed by atoms with Gasteiger partial charge in [-0.2, -0.15) is 0 Å². The number of para-hydroxylation sites is 1. The smallest absolute Gasteiger partial charge is 0.307 e. The highest BCUT2D eigenvalue weighted by molar-refractivity contribution is 5.96. The Labute approximate surface area is 125 Å². The van der Waals surface area contributed by atoms with Gasteiger partial charge in [-0.15, -0.1) is 0 Å². The minimum atomic E-state index is -0.873. The lowest BCUT2D eigenvalue weighted by Crippen LogP contribution is -2.37. The summed E-state index contributed by atoms with van der Waals surface area (Å²) < 4.78 is 0. The molecule has 114 valence electrons. The maximum atomic E-state index is 12.5. The third-order valence-corrected chi connectivity index (χ3v) is 3.94. The number of hydrogen-bond acceptors (Lipinski definition) is 2. The second kappa shape index (κ2) is 6.74. The number of carboxylic acid groups (broad SMARTS) is 1. The Hall–Kier alpha value is -1.84. The Kier molecular flexibility index (Phi) is 4.99. The number of aliphatic carboxylic acids is 1. The van der Waals surface area contributed by atoms with Gasteiger partial charge in [-0.1, -0.05) is 32.0 Å². The number of fused-ring (bicyclic) bond motifs is 1. The van der Waals surface area contributed by atoms with E-state index in [1.54, 1.807) is 4.90 Å². The summed E-state index contributed by atoms with van der Waals surface area (Å²) in [6, 6.07) is 7.89. The van der Waals surface area contributed by atoms with Gasteiger partial charge in [0, 0.05) is 18.7 Å². The number of hydrogen-bond donors (Lipinski definition) is 1. The zero-order chi connectivity index (χ0) is 15.4. The molecule has 21 heavy (non-hydrogen) atoms. The highest BCUT2D eigenvalue weighted by atomic mass is 16.4. The predicted octanol–water partition coefficient (Wildman–Crippen LogP) is 3.10. The van der Waals surface area contributed by atoms with Crippen molar-refractivity contribution >= 4 is 17.6 Å². The molecule has 0 aliphatic carbocycles. The van der Waals surface area contributed by atoms with Gasteiger partial charge in [-0.25, -0.2) is 0 Å². The van der Waals surface area contributed by atoms with Crippen molar-refractivity contribution in [2.24, 2.45) is 11.8 Å². The molecule has 1 heterocycles. The van der Waals surface area contributed by atoms with Gasteiger partial charge >= 0.3 is 5.97 Å². The molecule has 1 atom stereocenters. The minimum Gasteiger partial charge on any atom is -0.481 e. The van der Waals surface area contributed by atoms with Crippen LogP contribution in [0.4, 0.5) is 5.69 Å². The molecule has 0 saturated carbocycles. The topological polar surface area (TPSA) is 57.6 Å². The van der Waals surface area contributed by atoms with Crippen LogP contribution in [0.2, 0.25) is 0 Å². The third kappa shape index (κ3) is 3.84. The SMILES string of the molecule is CC(C)C[C@H](CC(=O)N1CCCc2ccccc21)C(=O)O. The summed E-state index contributed by atoms with van der Waals surface area (Å²) >= 11 is 0. The Morgan fingerprint density at radius 3 is 2.67 bits per heavy atom. The summed E-state index contributed by atoms with van der Waals surface area (Å²) in [5.74, 6) is -1.27. The van der Waals surface area contributed by atoms with Crippen LogP contribution in [0, 0.1) is 11.8 Å². The van der Waals surface area contributed by atoms with Crippen LogP contribution in [-0.4, -0.2) is 23.5 Å². The van der Waals surface area contributed by atoms with E-state index in [2.05, 4.69) is 0 Å². The molecular weight excluding hydrogens is 266 g/mol. The van der Waals surface area contributed by atoms with Crippen LogP contribution in [0.15, 0.2) is 24.3 Å². The largest absolute Gasteiger partial charge is 0.481 e. The number of aryl methyl sites for hydroxylation is 1. The molecule has 2 rings (SSSR count). The van der Waals surface area contributed by atoms with Gasteiger partial charge in [0.05, 0.1) is 5.92 Å². The van der Waals surface area contributed by atoms with Crippen LogP contribution in [0.1, 0.15) is 38.7 Å². The fraction of sp³-hybridized carbons (Fsp3) is 0.529. The molecule has 0 aromatic heterocycles. The van der Waals surface area contributed by atoms with Gasteiger partial charge < -0.3 is 10.0 Å². The van der Waals surface area contributed by atoms with Gasteiger partial charge in [-0.3, -0.25) is 9.59 Å². The van der Waals surface area contributed by atoms with Crippen molar-refractivity contribution in [1.82, 2.24) is 0 Å². The van der Waals surface area contributed by atoms with E-state index in [4.69, 9.17) is 0 Å². The maximum absolute atomic E-state index is 12.5. The van der Waals surface area contributed by atoms with Gasteiger partial charge in [0.25, 0.3) is 0 Å². The lowest BCUT2D eigenvalue weighted by atomic mass is 9.93. The van der Waals surface area contributed by atoms with Crippen molar-refractivity contribution in [3.8, 4) is 0 Å². The van der Waals surface area contributed by atoms with Crippen LogP contribution < -0.4 is 4.90 Å². The van der Waals surface area contributed by atoms with E-state index in [0.29, 0.717) is 13.0 Å². The monoisotopic (exact) mass is 289 g/mol. The fourth-order valence-electron chi connectivity index (χ4n) is 2.95. The summed E-state index contributed by atoms with van der Waals surface area (Å²) in [6.45, 7) is 4.65. The summed E-state index contributed by atoms with van der Waals surface area (Å²) in [4.78, 5) is 25.6. The number of carbonyl (C=O) groups is 2. The summed E-state index contributed by atoms with van der Waals surface area (Å²) in [5.41, 5.74) is 2.12. The van der Waals surface area contributed by atoms with E-state index in [1.807, 2.05) is 38.1 Å². The average Bonchev–Trinajstić information content (AvgIpc) is 2.45. The van der Waals surface area contributed by atoms with Crippen LogP contribution in [0.3, 0.4) is 0 Å². The number of rotatable bonds is 5. The van der Waals surface area contributed by atoms with Crippen molar-refractivity contribution < 1.29 is 14.7 Å². The molecule has 4 heteroatoms. The molecule has 1 aromatic rings. The highest BCUT2D eigenvalue weighted by Crippen LogP contribution is 2.28. The van der Waals surface area contributed by atoms with Crippen LogP contribution in [0.5, 0.6) is 0 Å². The van der Waals surface area contributed by atoms with Gasteiger partial charge in [0.2, 0.25) is 5.91 Å². The van der Waals surface area contributed by atoms with E-state index in [0.717, 1.165) is 18.5 Å². The molecule has 1 aromatic carbocycles. The molecule has 0 saturated heterocycles. The van der Waals surface area contributed by atoms with E-state index < -0.39 is 11.9 Å². The molecule has 4 nitrogen and oxygen atoms in total. The van der Waals surface area contributed by atoms with E-state index in [1.165, 1.54) is 5.56 Å². The van der Waals surface area contributed by atoms with Gasteiger partial charge in [0.1, 0.15) is 0 Å². The lowest BCUT2D eigenvalue weighted by molar-refractivity contribution is -0.144. The molecule has 0 fully saturated rings. The van der Waals surface area contributed by atoms with Crippen LogP contribution in [0.25, 0.3) is 0 Å². The van der Waals surface area contributed by atoms with Crippen molar-refractivity contribution in [3.63, 3.8) is 0 Å². The van der Waals surface area contributed by atoms with Crippen molar-refractivity contribution in [1.29, 1.82) is 0 Å². The number of nitrogens with zero attached hydrogens (tertiary/aromatic N) is 1. The number of amides is 1. The Morgan fingerprint density at radius 2 is 2.00 bits per heavy atom. The Bertz CT molecular complexity index is 525. The number of carboxylic acids is 1. The quantitative estimate of drug-likeness (QED) is 0.906. The molecule has 0 bridgehead atoms. The van der Waals surface area contributed by atoms with E-state index in [-0.39, 0.29) is 18.2 Å². The Balaban J connectivity index is 2.12. The molecule has 1 amide bonds. The number of anilines is 1. The van der Waals surface area contributed by atoms with Crippen molar-refractivity contribution in [2.75, 3.05) is 11.4 Å². The molecule has 0 spiro atoms. The summed E-state index contributed by atoms with van der Waals surface area (Å²) in [7, 11) is 0. The number of carbonyl (C=O) groups excluding carboxylic acids is 1. The summed E-state index contributed by atoms with van der Waals surface area (Å²) in [6.07, 6.45) is 2.54. The second-order valence-corrected chi connectivity index (χ2v) is 6.15. The van der Waals surface area contributed by atoms with Crippen LogP contribution >= 0.6 is 0 Å². The molecule has 0 unspecified atom stereocenters. The lowest BCUT2D eigenvalue weighted by Gasteiger charge is -2.30. The van der Waals surface area contributed by atoms with Gasteiger partial charge in [-0.05, 0) is 36.8 Å². The summed E-state index contributed by atoms with van der Waals surface area (Å²) in [5, 5.41) is 9.29. The second-order valence-electron chi connectivity index (χ2n) is 6.15. The molecular formula is C17H23NO3. The molecule has 0 radical (unpaired) electrons. The van der Waals surface area contributed by atoms with Crippen molar-refractivity contribution in [3.05, 3.63) is 29.8 Å². The minimum absolute atomic E-state index is 0.0739. The van der Waals surface area contributed by atoms with E-state index >= 15 is 0 Å². The highest BCUT2D eigenvalue weighted by Gasteiger charge is 2.28. The first-order chi connectivity index (χ1) is 9.99. The molecule has 1 aliphatic rings. The Morgan fingerprint density at radius 1 is 1.29 bits per heavy atom. The first-order valence-corrected chi connectivity index (χ1v) is 7.60. The first-order valence-electron chi connectivity index (χ1n) is 7.60. The van der Waals surface area contributed by atoms with Gasteiger partial charge in [0.15, 0.2) is 0 Å².